The van der Waals surface area contributed by atoms with Gasteiger partial charge in [-0.2, -0.15) is 5.26 Å². The number of nitrogens with zero attached hydrogens (tertiary/aromatic N) is 2. The van der Waals surface area contributed by atoms with Gasteiger partial charge in [0.1, 0.15) is 5.92 Å². The number of piperidine rings is 1. The number of esters is 1. The van der Waals surface area contributed by atoms with Crippen molar-refractivity contribution >= 4 is 29.5 Å². The van der Waals surface area contributed by atoms with Gasteiger partial charge in [0.15, 0.2) is 0 Å². The molecule has 2 aliphatic heterocycles. The summed E-state index contributed by atoms with van der Waals surface area (Å²) in [5.74, 6) is -3.07. The van der Waals surface area contributed by atoms with E-state index < -0.39 is 23.7 Å². The highest BCUT2D eigenvalue weighted by molar-refractivity contribution is 8.03. The molecular weight excluding hydrogens is 414 g/mol. The quantitative estimate of drug-likeness (QED) is 0.557. The number of thioether (sulfide) groups is 1. The fourth-order valence-electron chi connectivity index (χ4n) is 4.46. The lowest BCUT2D eigenvalue weighted by molar-refractivity contribution is -0.150. The van der Waals surface area contributed by atoms with Crippen LogP contribution in [-0.2, 0) is 19.1 Å². The third-order valence-electron chi connectivity index (χ3n) is 5.96. The summed E-state index contributed by atoms with van der Waals surface area (Å²) in [5.41, 5.74) is 0.936. The van der Waals surface area contributed by atoms with Crippen LogP contribution in [0.2, 0.25) is 0 Å². The van der Waals surface area contributed by atoms with Crippen LogP contribution in [0.5, 0.6) is 0 Å². The first kappa shape index (κ1) is 22.9. The van der Waals surface area contributed by atoms with Gasteiger partial charge < -0.3 is 15.0 Å². The van der Waals surface area contributed by atoms with Crippen LogP contribution in [0.4, 0.5) is 0 Å². The molecule has 1 aromatic carbocycles. The van der Waals surface area contributed by atoms with Crippen LogP contribution in [0.25, 0.3) is 0 Å². The van der Waals surface area contributed by atoms with Gasteiger partial charge in [0.25, 0.3) is 0 Å². The van der Waals surface area contributed by atoms with E-state index in [1.165, 1.54) is 7.11 Å². The van der Waals surface area contributed by atoms with Crippen molar-refractivity contribution in [1.82, 2.24) is 10.2 Å². The fraction of sp³-hybridized carbons (Fsp3) is 0.478. The molecule has 1 saturated heterocycles. The number of nitriles is 1. The van der Waals surface area contributed by atoms with E-state index in [9.17, 15) is 19.6 Å². The average Bonchev–Trinajstić information content (AvgIpc) is 2.77. The molecule has 2 amide bonds. The summed E-state index contributed by atoms with van der Waals surface area (Å²) in [7, 11) is 1.22. The number of hydrogen-bond donors (Lipinski definition) is 1. The molecule has 2 aliphatic rings. The molecule has 31 heavy (non-hydrogen) atoms. The number of rotatable bonds is 5. The number of carbonyl (C=O) groups is 3. The Labute approximate surface area is 186 Å². The fourth-order valence-corrected chi connectivity index (χ4v) is 5.38. The Morgan fingerprint density at radius 1 is 1.23 bits per heavy atom. The summed E-state index contributed by atoms with van der Waals surface area (Å²) < 4.78 is 4.84. The summed E-state index contributed by atoms with van der Waals surface area (Å²) in [6.07, 6.45) is 3.05. The van der Waals surface area contributed by atoms with Crippen molar-refractivity contribution in [3.63, 3.8) is 0 Å². The first-order valence-electron chi connectivity index (χ1n) is 10.4. The molecule has 0 unspecified atom stereocenters. The van der Waals surface area contributed by atoms with Gasteiger partial charge in [-0.3, -0.25) is 14.4 Å². The van der Waals surface area contributed by atoms with Crippen LogP contribution in [0.15, 0.2) is 40.9 Å². The molecule has 7 nitrogen and oxygen atoms in total. The van der Waals surface area contributed by atoms with Gasteiger partial charge in [-0.15, -0.1) is 0 Å². The van der Waals surface area contributed by atoms with Gasteiger partial charge in [0.2, 0.25) is 11.8 Å². The number of allylic oxidation sites excluding steroid dienone is 1. The molecule has 3 rings (SSSR count). The molecule has 4 atom stereocenters. The lowest BCUT2D eigenvalue weighted by Crippen LogP contribution is -2.48. The van der Waals surface area contributed by atoms with Crippen molar-refractivity contribution in [3.8, 4) is 6.07 Å². The second kappa shape index (κ2) is 10.0. The van der Waals surface area contributed by atoms with E-state index in [0.29, 0.717) is 10.6 Å². The molecule has 8 heteroatoms. The Kier molecular flexibility index (Phi) is 7.39. The number of benzene rings is 1. The SMILES string of the molecule is COC(=O)[C@@H]1C(=O)NC(SCC(=O)N2[C@H](C)CCC[C@@H]2C)=C(C#N)[C@@H]1c1ccccc1. The summed E-state index contributed by atoms with van der Waals surface area (Å²) in [6, 6.07) is 11.5. The zero-order valence-electron chi connectivity index (χ0n) is 18.0. The van der Waals surface area contributed by atoms with Crippen LogP contribution < -0.4 is 5.32 Å². The molecule has 0 aromatic heterocycles. The monoisotopic (exact) mass is 441 g/mol. The minimum absolute atomic E-state index is 0.0184. The summed E-state index contributed by atoms with van der Waals surface area (Å²) in [6.45, 7) is 4.10. The minimum Gasteiger partial charge on any atom is -0.468 e. The first-order chi connectivity index (χ1) is 14.9. The minimum atomic E-state index is -1.16. The molecule has 0 spiro atoms. The van der Waals surface area contributed by atoms with E-state index in [4.69, 9.17) is 4.74 Å². The molecule has 0 saturated carbocycles. The molecule has 0 bridgehead atoms. The Morgan fingerprint density at radius 3 is 2.45 bits per heavy atom. The maximum Gasteiger partial charge on any atom is 0.319 e. The third-order valence-corrected chi connectivity index (χ3v) is 6.97. The highest BCUT2D eigenvalue weighted by Crippen LogP contribution is 2.40. The number of amides is 2. The molecule has 0 aliphatic carbocycles. The standard InChI is InChI=1S/C23H27N3O4S/c1-14-8-7-9-15(2)26(14)18(27)13-31-22-17(12-24)19(16-10-5-4-6-11-16)20(21(28)25-22)23(29)30-3/h4-6,10-11,14-15,19-20H,7-9,13H2,1-3H3,(H,25,28)/t14-,15+,19-,20-/m0/s1. The molecule has 0 radical (unpaired) electrons. The molecule has 164 valence electrons. The molecular formula is C23H27N3O4S. The lowest BCUT2D eigenvalue weighted by atomic mass is 9.78. The first-order valence-corrected chi connectivity index (χ1v) is 11.4. The van der Waals surface area contributed by atoms with E-state index in [1.54, 1.807) is 24.3 Å². The van der Waals surface area contributed by atoms with Crippen LogP contribution in [0.1, 0.15) is 44.6 Å². The van der Waals surface area contributed by atoms with E-state index in [0.717, 1.165) is 31.0 Å². The Balaban J connectivity index is 1.90. The van der Waals surface area contributed by atoms with Crippen LogP contribution in [0.3, 0.4) is 0 Å². The Morgan fingerprint density at radius 2 is 1.87 bits per heavy atom. The highest BCUT2D eigenvalue weighted by Gasteiger charge is 2.44. The van der Waals surface area contributed by atoms with Crippen LogP contribution in [0, 0.1) is 17.2 Å². The van der Waals surface area contributed by atoms with E-state index in [-0.39, 0.29) is 29.3 Å². The van der Waals surface area contributed by atoms with E-state index in [1.807, 2.05) is 24.8 Å². The molecule has 1 aromatic rings. The van der Waals surface area contributed by atoms with Gasteiger partial charge in [-0.25, -0.2) is 0 Å². The predicted molar refractivity (Wildman–Crippen MR) is 118 cm³/mol. The molecule has 1 fully saturated rings. The van der Waals surface area contributed by atoms with E-state index >= 15 is 0 Å². The van der Waals surface area contributed by atoms with E-state index in [2.05, 4.69) is 11.4 Å². The van der Waals surface area contributed by atoms with Gasteiger partial charge >= 0.3 is 5.97 Å². The van der Waals surface area contributed by atoms with Crippen molar-refractivity contribution in [1.29, 1.82) is 5.26 Å². The molecule has 2 heterocycles. The number of likely N-dealkylation sites (tertiary alicyclic amines) is 1. The number of hydrogen-bond acceptors (Lipinski definition) is 6. The average molecular weight is 442 g/mol. The van der Waals surface area contributed by atoms with Crippen LogP contribution in [-0.4, -0.2) is 47.6 Å². The van der Waals surface area contributed by atoms with Crippen molar-refractivity contribution in [2.75, 3.05) is 12.9 Å². The number of nitrogens with one attached hydrogen (secondary N) is 1. The Hall–Kier alpha value is -2.79. The normalized spacial score (nSPS) is 26.1. The van der Waals surface area contributed by atoms with Gasteiger partial charge in [-0.05, 0) is 38.7 Å². The number of methoxy groups -OCH3 is 1. The lowest BCUT2D eigenvalue weighted by Gasteiger charge is -2.39. The predicted octanol–water partition coefficient (Wildman–Crippen LogP) is 2.95. The number of carbonyl (C=O) groups excluding carboxylic acids is 3. The van der Waals surface area contributed by atoms with Crippen LogP contribution >= 0.6 is 11.8 Å². The summed E-state index contributed by atoms with van der Waals surface area (Å²) in [5, 5.41) is 12.9. The maximum absolute atomic E-state index is 12.9. The summed E-state index contributed by atoms with van der Waals surface area (Å²) in [4.78, 5) is 40.1. The van der Waals surface area contributed by atoms with Crippen molar-refractivity contribution in [2.24, 2.45) is 5.92 Å². The van der Waals surface area contributed by atoms with Gasteiger partial charge in [0, 0.05) is 18.0 Å². The van der Waals surface area contributed by atoms with Crippen molar-refractivity contribution in [2.45, 2.75) is 51.1 Å². The smallest absolute Gasteiger partial charge is 0.319 e. The van der Waals surface area contributed by atoms with Gasteiger partial charge in [0.05, 0.1) is 29.5 Å². The van der Waals surface area contributed by atoms with Gasteiger partial charge in [-0.1, -0.05) is 42.1 Å². The topological polar surface area (TPSA) is 99.5 Å². The van der Waals surface area contributed by atoms with Crippen molar-refractivity contribution < 1.29 is 19.1 Å². The maximum atomic E-state index is 12.9. The Bertz CT molecular complexity index is 914. The second-order valence-corrected chi connectivity index (χ2v) is 8.94. The highest BCUT2D eigenvalue weighted by atomic mass is 32.2. The molecule has 1 N–H and O–H groups in total. The zero-order valence-corrected chi connectivity index (χ0v) is 18.8. The van der Waals surface area contributed by atoms with Crippen molar-refractivity contribution in [3.05, 3.63) is 46.5 Å². The second-order valence-electron chi connectivity index (χ2n) is 7.95. The largest absolute Gasteiger partial charge is 0.468 e. The third kappa shape index (κ3) is 4.77. The number of ether oxygens (including phenoxy) is 1. The summed E-state index contributed by atoms with van der Waals surface area (Å²) >= 11 is 1.14. The zero-order chi connectivity index (χ0) is 22.5.